The summed E-state index contributed by atoms with van der Waals surface area (Å²) in [4.78, 5) is 30.5. The van der Waals surface area contributed by atoms with E-state index in [-0.39, 0.29) is 11.8 Å². The van der Waals surface area contributed by atoms with Crippen LogP contribution in [0.2, 0.25) is 10.0 Å². The molecule has 0 spiro atoms. The van der Waals surface area contributed by atoms with Crippen molar-refractivity contribution in [3.63, 3.8) is 0 Å². The minimum absolute atomic E-state index is 0.0508. The van der Waals surface area contributed by atoms with E-state index in [0.29, 0.717) is 39.6 Å². The number of aryl methyl sites for hydroxylation is 3. The Hall–Kier alpha value is -2.80. The molecule has 8 heteroatoms. The molecule has 2 amide bonds. The van der Waals surface area contributed by atoms with Crippen molar-refractivity contribution < 1.29 is 9.59 Å². The Morgan fingerprint density at radius 2 is 1.58 bits per heavy atom. The zero-order valence-corrected chi connectivity index (χ0v) is 23.6. The van der Waals surface area contributed by atoms with Crippen molar-refractivity contribution in [2.45, 2.75) is 27.2 Å². The zero-order chi connectivity index (χ0) is 27.0. The van der Waals surface area contributed by atoms with Gasteiger partial charge in [0.15, 0.2) is 0 Å². The number of carbonyl (C=O) groups excluding carboxylic acids is 2. The number of hydrogen-bond acceptors (Lipinski definition) is 3. The molecule has 2 fully saturated rings. The maximum atomic E-state index is 13.7. The van der Waals surface area contributed by atoms with Crippen LogP contribution in [-0.4, -0.2) is 65.4 Å². The number of nitrogens with one attached hydrogen (secondary N) is 1. The van der Waals surface area contributed by atoms with Gasteiger partial charge in [0.1, 0.15) is 0 Å². The van der Waals surface area contributed by atoms with Crippen LogP contribution in [0.4, 0.5) is 0 Å². The monoisotopic (exact) mass is 552 g/mol. The fraction of sp³-hybridized carbons (Fsp3) is 0.400. The van der Waals surface area contributed by atoms with Crippen molar-refractivity contribution in [3.8, 4) is 5.69 Å². The van der Waals surface area contributed by atoms with Gasteiger partial charge in [-0.3, -0.25) is 9.59 Å². The Morgan fingerprint density at radius 1 is 0.895 bits per heavy atom. The quantitative estimate of drug-likeness (QED) is 0.392. The Balaban J connectivity index is 1.13. The molecule has 0 saturated carbocycles. The van der Waals surface area contributed by atoms with Crippen molar-refractivity contribution >= 4 is 35.0 Å². The van der Waals surface area contributed by atoms with E-state index < -0.39 is 0 Å². The molecule has 0 radical (unpaired) electrons. The number of likely N-dealkylation sites (tertiary alicyclic amines) is 2. The molecular weight excluding hydrogens is 519 g/mol. The molecule has 200 valence electrons. The Labute approximate surface area is 234 Å². The largest absolute Gasteiger partial charge is 0.352 e. The molecule has 3 heterocycles. The van der Waals surface area contributed by atoms with Crippen LogP contribution in [0, 0.1) is 32.6 Å². The van der Waals surface area contributed by atoms with E-state index in [1.807, 2.05) is 43.9 Å². The number of amides is 2. The number of carbonyl (C=O) groups is 2. The van der Waals surface area contributed by atoms with Crippen LogP contribution < -0.4 is 5.32 Å². The van der Waals surface area contributed by atoms with Crippen LogP contribution in [0.3, 0.4) is 0 Å². The Morgan fingerprint density at radius 3 is 2.24 bits per heavy atom. The van der Waals surface area contributed by atoms with E-state index in [1.54, 1.807) is 18.2 Å². The van der Waals surface area contributed by atoms with E-state index >= 15 is 0 Å². The predicted molar refractivity (Wildman–Crippen MR) is 153 cm³/mol. The standard InChI is InChI=1S/C30H34Cl2N4O2/c1-19-5-8-22(13-27(19)32)29(37)33-11-4-12-34-15-23-17-35(18-24(23)16-34)30(38)26-14-25(31)9-10-28(26)36-20(2)6-7-21(36)3/h5-10,13-14,23-24H,4,11-12,15-18H2,1-3H3,(H,33,37). The summed E-state index contributed by atoms with van der Waals surface area (Å²) in [5.74, 6) is 0.904. The highest BCUT2D eigenvalue weighted by atomic mass is 35.5. The lowest BCUT2D eigenvalue weighted by Gasteiger charge is -2.23. The first-order chi connectivity index (χ1) is 18.2. The second-order valence-electron chi connectivity index (χ2n) is 10.7. The van der Waals surface area contributed by atoms with Gasteiger partial charge in [-0.25, -0.2) is 0 Å². The Bertz CT molecular complexity index is 1330. The summed E-state index contributed by atoms with van der Waals surface area (Å²) in [7, 11) is 0. The van der Waals surface area contributed by atoms with Gasteiger partial charge in [-0.2, -0.15) is 0 Å². The van der Waals surface area contributed by atoms with E-state index in [1.165, 1.54) is 0 Å². The molecule has 2 aromatic carbocycles. The molecule has 38 heavy (non-hydrogen) atoms. The van der Waals surface area contributed by atoms with E-state index in [0.717, 1.165) is 61.8 Å². The van der Waals surface area contributed by atoms with Gasteiger partial charge in [-0.1, -0.05) is 29.3 Å². The highest BCUT2D eigenvalue weighted by Gasteiger charge is 2.41. The summed E-state index contributed by atoms with van der Waals surface area (Å²) in [5.41, 5.74) is 5.27. The highest BCUT2D eigenvalue weighted by Crippen LogP contribution is 2.33. The summed E-state index contributed by atoms with van der Waals surface area (Å²) in [6.07, 6.45) is 0.884. The molecule has 5 rings (SSSR count). The molecule has 2 aliphatic rings. The lowest BCUT2D eigenvalue weighted by atomic mass is 10.0. The van der Waals surface area contributed by atoms with Crippen molar-refractivity contribution in [2.24, 2.45) is 11.8 Å². The fourth-order valence-electron chi connectivity index (χ4n) is 5.87. The van der Waals surface area contributed by atoms with Crippen molar-refractivity contribution in [2.75, 3.05) is 39.3 Å². The molecule has 2 saturated heterocycles. The third kappa shape index (κ3) is 5.49. The van der Waals surface area contributed by atoms with Crippen LogP contribution in [0.15, 0.2) is 48.5 Å². The number of nitrogens with zero attached hydrogens (tertiary/aromatic N) is 3. The topological polar surface area (TPSA) is 57.6 Å². The molecular formula is C30H34Cl2N4O2. The average Bonchev–Trinajstić information content (AvgIpc) is 3.56. The van der Waals surface area contributed by atoms with Crippen LogP contribution in [0.1, 0.15) is 44.1 Å². The van der Waals surface area contributed by atoms with E-state index in [2.05, 4.69) is 26.9 Å². The first-order valence-electron chi connectivity index (χ1n) is 13.2. The van der Waals surface area contributed by atoms with Crippen LogP contribution in [-0.2, 0) is 0 Å². The molecule has 2 aliphatic heterocycles. The van der Waals surface area contributed by atoms with Crippen molar-refractivity contribution in [1.29, 1.82) is 0 Å². The number of benzene rings is 2. The fourth-order valence-corrected chi connectivity index (χ4v) is 6.23. The molecule has 2 unspecified atom stereocenters. The zero-order valence-electron chi connectivity index (χ0n) is 22.1. The van der Waals surface area contributed by atoms with Crippen LogP contribution >= 0.6 is 23.2 Å². The second-order valence-corrected chi connectivity index (χ2v) is 11.5. The lowest BCUT2D eigenvalue weighted by Crippen LogP contribution is -2.35. The summed E-state index contributed by atoms with van der Waals surface area (Å²) >= 11 is 12.5. The summed E-state index contributed by atoms with van der Waals surface area (Å²) in [5, 5.41) is 4.18. The highest BCUT2D eigenvalue weighted by molar-refractivity contribution is 6.31. The lowest BCUT2D eigenvalue weighted by molar-refractivity contribution is 0.0774. The van der Waals surface area contributed by atoms with E-state index in [9.17, 15) is 9.59 Å². The summed E-state index contributed by atoms with van der Waals surface area (Å²) < 4.78 is 2.12. The van der Waals surface area contributed by atoms with E-state index in [4.69, 9.17) is 23.2 Å². The molecule has 3 aromatic rings. The van der Waals surface area contributed by atoms with Crippen molar-refractivity contribution in [1.82, 2.24) is 19.7 Å². The molecule has 1 N–H and O–H groups in total. The second kappa shape index (κ2) is 11.1. The first kappa shape index (κ1) is 26.8. The Kier molecular flexibility index (Phi) is 7.85. The molecule has 2 atom stereocenters. The predicted octanol–water partition coefficient (Wildman–Crippen LogP) is 5.53. The third-order valence-corrected chi connectivity index (χ3v) is 8.56. The van der Waals surface area contributed by atoms with Gasteiger partial charge in [0.2, 0.25) is 0 Å². The van der Waals surface area contributed by atoms with Gasteiger partial charge in [-0.15, -0.1) is 0 Å². The van der Waals surface area contributed by atoms with Crippen LogP contribution in [0.25, 0.3) is 5.69 Å². The minimum atomic E-state index is -0.0926. The molecule has 1 aromatic heterocycles. The van der Waals surface area contributed by atoms with Gasteiger partial charge in [0, 0.05) is 59.7 Å². The van der Waals surface area contributed by atoms with Gasteiger partial charge >= 0.3 is 0 Å². The summed E-state index contributed by atoms with van der Waals surface area (Å²) in [6.45, 7) is 11.1. The van der Waals surface area contributed by atoms with Crippen LogP contribution in [0.5, 0.6) is 0 Å². The number of aromatic nitrogens is 1. The van der Waals surface area contributed by atoms with Gasteiger partial charge in [0.05, 0.1) is 11.3 Å². The number of fused-ring (bicyclic) bond motifs is 1. The number of hydrogen-bond donors (Lipinski definition) is 1. The smallest absolute Gasteiger partial charge is 0.256 e. The van der Waals surface area contributed by atoms with Crippen molar-refractivity contribution in [3.05, 3.63) is 86.7 Å². The molecule has 0 bridgehead atoms. The molecule has 6 nitrogen and oxygen atoms in total. The first-order valence-corrected chi connectivity index (χ1v) is 14.0. The van der Waals surface area contributed by atoms with Gasteiger partial charge < -0.3 is 19.7 Å². The average molecular weight is 554 g/mol. The third-order valence-electron chi connectivity index (χ3n) is 7.92. The minimum Gasteiger partial charge on any atom is -0.352 e. The number of rotatable bonds is 7. The summed E-state index contributed by atoms with van der Waals surface area (Å²) in [6, 6.07) is 15.1. The maximum Gasteiger partial charge on any atom is 0.256 e. The van der Waals surface area contributed by atoms with Gasteiger partial charge in [0.25, 0.3) is 11.8 Å². The SMILES string of the molecule is Cc1ccc(C(=O)NCCCN2CC3CN(C(=O)c4cc(Cl)ccc4-n4c(C)ccc4C)CC3C2)cc1Cl. The normalized spacial score (nSPS) is 19.1. The number of halogens is 2. The van der Waals surface area contributed by atoms with Gasteiger partial charge in [-0.05, 0) is 93.6 Å². The maximum absolute atomic E-state index is 13.7. The molecule has 0 aliphatic carbocycles.